The Kier molecular flexibility index (Phi) is 5.80. The fourth-order valence-corrected chi connectivity index (χ4v) is 4.66. The van der Waals surface area contributed by atoms with Gasteiger partial charge in [0.05, 0.1) is 22.9 Å². The lowest BCUT2D eigenvalue weighted by atomic mass is 10.1. The Labute approximate surface area is 188 Å². The van der Waals surface area contributed by atoms with Crippen molar-refractivity contribution in [3.63, 3.8) is 0 Å². The number of hydrogen-bond donors (Lipinski definition) is 0. The predicted molar refractivity (Wildman–Crippen MR) is 116 cm³/mol. The molecule has 0 saturated carbocycles. The number of carbonyl (C=O) groups is 1. The molecule has 1 fully saturated rings. The van der Waals surface area contributed by atoms with Crippen molar-refractivity contribution in [2.45, 2.75) is 13.0 Å². The number of nitrogens with zero attached hydrogens (tertiary/aromatic N) is 4. The van der Waals surface area contributed by atoms with Crippen molar-refractivity contribution < 1.29 is 18.8 Å². The van der Waals surface area contributed by atoms with Crippen molar-refractivity contribution in [1.29, 1.82) is 0 Å². The number of benzene rings is 1. The first-order chi connectivity index (χ1) is 15.2. The maximum atomic E-state index is 12.8. The molecule has 0 aliphatic carbocycles. The standard InChI is InChI=1S/C21H21ClN4O4S/c22-15-10-14(11-16-20(15)29-8-7-28-16)12-19(27)26-5-3-25(4-6-26)13-18-23-21(24-30-18)17-2-1-9-31-17/h1-2,9-11H,3-8,12-13H2. The van der Waals surface area contributed by atoms with E-state index in [1.807, 2.05) is 28.5 Å². The molecule has 10 heteroatoms. The SMILES string of the molecule is O=C(Cc1cc(Cl)c2c(c1)OCCO2)N1CCN(Cc2nc(-c3cccs3)no2)CC1. The van der Waals surface area contributed by atoms with Gasteiger partial charge in [-0.05, 0) is 29.1 Å². The zero-order chi connectivity index (χ0) is 21.2. The Balaban J connectivity index is 1.15. The minimum atomic E-state index is 0.0742. The zero-order valence-corrected chi connectivity index (χ0v) is 18.3. The van der Waals surface area contributed by atoms with Crippen molar-refractivity contribution in [2.24, 2.45) is 0 Å². The molecule has 0 spiro atoms. The van der Waals surface area contributed by atoms with Crippen LogP contribution in [0.4, 0.5) is 0 Å². The second kappa shape index (κ2) is 8.86. The lowest BCUT2D eigenvalue weighted by molar-refractivity contribution is -0.132. The van der Waals surface area contributed by atoms with E-state index in [-0.39, 0.29) is 12.3 Å². The largest absolute Gasteiger partial charge is 0.486 e. The molecule has 8 nitrogen and oxygen atoms in total. The number of carbonyl (C=O) groups excluding carboxylic acids is 1. The summed E-state index contributed by atoms with van der Waals surface area (Å²) in [6.07, 6.45) is 0.282. The lowest BCUT2D eigenvalue weighted by Crippen LogP contribution is -2.48. The molecule has 0 atom stereocenters. The molecule has 1 saturated heterocycles. The summed E-state index contributed by atoms with van der Waals surface area (Å²) in [5.74, 6) is 2.45. The minimum Gasteiger partial charge on any atom is -0.486 e. The fourth-order valence-electron chi connectivity index (χ4n) is 3.72. The van der Waals surface area contributed by atoms with Crippen LogP contribution in [0.3, 0.4) is 0 Å². The molecule has 0 bridgehead atoms. The molecule has 162 valence electrons. The van der Waals surface area contributed by atoms with Crippen molar-refractivity contribution in [1.82, 2.24) is 19.9 Å². The third kappa shape index (κ3) is 4.53. The number of rotatable bonds is 5. The van der Waals surface area contributed by atoms with Crippen molar-refractivity contribution in [2.75, 3.05) is 39.4 Å². The topological polar surface area (TPSA) is 80.9 Å². The molecular formula is C21H21ClN4O4S. The molecule has 2 aliphatic heterocycles. The van der Waals surface area contributed by atoms with Crippen LogP contribution >= 0.6 is 22.9 Å². The van der Waals surface area contributed by atoms with Gasteiger partial charge in [0, 0.05) is 26.2 Å². The van der Waals surface area contributed by atoms with E-state index in [1.54, 1.807) is 17.4 Å². The van der Waals surface area contributed by atoms with Crippen molar-refractivity contribution in [3.05, 3.63) is 46.1 Å². The number of piperazine rings is 1. The summed E-state index contributed by atoms with van der Waals surface area (Å²) < 4.78 is 16.5. The number of fused-ring (bicyclic) bond motifs is 1. The predicted octanol–water partition coefficient (Wildman–Crippen LogP) is 3.11. The average molecular weight is 461 g/mol. The monoisotopic (exact) mass is 460 g/mol. The van der Waals surface area contributed by atoms with Gasteiger partial charge >= 0.3 is 0 Å². The molecule has 2 aromatic heterocycles. The molecule has 31 heavy (non-hydrogen) atoms. The van der Waals surface area contributed by atoms with Crippen LogP contribution in [0.15, 0.2) is 34.2 Å². The first kappa shape index (κ1) is 20.3. The highest BCUT2D eigenvalue weighted by atomic mass is 35.5. The van der Waals surface area contributed by atoms with Crippen LogP contribution in [0.5, 0.6) is 11.5 Å². The van der Waals surface area contributed by atoms with Crippen molar-refractivity contribution in [3.8, 4) is 22.2 Å². The van der Waals surface area contributed by atoms with Crippen LogP contribution in [0.2, 0.25) is 5.02 Å². The van der Waals surface area contributed by atoms with Gasteiger partial charge < -0.3 is 18.9 Å². The molecule has 5 rings (SSSR count). The van der Waals surface area contributed by atoms with Gasteiger partial charge in [-0.25, -0.2) is 0 Å². The number of hydrogen-bond acceptors (Lipinski definition) is 8. The first-order valence-corrected chi connectivity index (χ1v) is 11.4. The molecule has 0 radical (unpaired) electrons. The number of amides is 1. The molecule has 3 aromatic rings. The average Bonchev–Trinajstić information content (AvgIpc) is 3.46. The molecule has 0 unspecified atom stereocenters. The van der Waals surface area contributed by atoms with E-state index in [9.17, 15) is 4.79 Å². The highest BCUT2D eigenvalue weighted by Gasteiger charge is 2.24. The van der Waals surface area contributed by atoms with Gasteiger partial charge in [0.2, 0.25) is 17.6 Å². The third-order valence-electron chi connectivity index (χ3n) is 5.31. The Hall–Kier alpha value is -2.62. The smallest absolute Gasteiger partial charge is 0.241 e. The number of thiophene rings is 1. The highest BCUT2D eigenvalue weighted by molar-refractivity contribution is 7.13. The molecule has 0 N–H and O–H groups in total. The summed E-state index contributed by atoms with van der Waals surface area (Å²) in [6, 6.07) is 7.56. The number of halogens is 1. The van der Waals surface area contributed by atoms with E-state index >= 15 is 0 Å². The fraction of sp³-hybridized carbons (Fsp3) is 0.381. The van der Waals surface area contributed by atoms with Gasteiger partial charge in [-0.3, -0.25) is 9.69 Å². The number of ether oxygens (including phenoxy) is 2. The normalized spacial score (nSPS) is 16.5. The molecule has 1 amide bonds. The van der Waals surface area contributed by atoms with E-state index in [1.165, 1.54) is 0 Å². The summed E-state index contributed by atoms with van der Waals surface area (Å²) in [4.78, 5) is 22.4. The quantitative estimate of drug-likeness (QED) is 0.578. The Bertz CT molecular complexity index is 1060. The molecule has 2 aliphatic rings. The second-order valence-corrected chi connectivity index (χ2v) is 8.78. The van der Waals surface area contributed by atoms with E-state index < -0.39 is 0 Å². The van der Waals surface area contributed by atoms with E-state index in [0.29, 0.717) is 61.1 Å². The van der Waals surface area contributed by atoms with Gasteiger partial charge in [-0.15, -0.1) is 11.3 Å². The first-order valence-electron chi connectivity index (χ1n) is 10.1. The van der Waals surface area contributed by atoms with Crippen LogP contribution in [-0.2, 0) is 17.8 Å². The van der Waals surface area contributed by atoms with Crippen LogP contribution in [0, 0.1) is 0 Å². The summed E-state index contributed by atoms with van der Waals surface area (Å²) in [6.45, 7) is 4.37. The van der Waals surface area contributed by atoms with Crippen LogP contribution in [0.25, 0.3) is 10.7 Å². The molecule has 4 heterocycles. The Morgan fingerprint density at radius 3 is 2.81 bits per heavy atom. The highest BCUT2D eigenvalue weighted by Crippen LogP contribution is 2.38. The Morgan fingerprint density at radius 1 is 1.16 bits per heavy atom. The van der Waals surface area contributed by atoms with E-state index in [0.717, 1.165) is 23.5 Å². The van der Waals surface area contributed by atoms with Crippen LogP contribution in [0.1, 0.15) is 11.5 Å². The van der Waals surface area contributed by atoms with Gasteiger partial charge in [0.15, 0.2) is 11.5 Å². The Morgan fingerprint density at radius 2 is 2.00 bits per heavy atom. The van der Waals surface area contributed by atoms with E-state index in [4.69, 9.17) is 25.6 Å². The summed E-state index contributed by atoms with van der Waals surface area (Å²) >= 11 is 7.87. The number of aromatic nitrogens is 2. The third-order valence-corrected chi connectivity index (χ3v) is 6.45. The van der Waals surface area contributed by atoms with Crippen LogP contribution < -0.4 is 9.47 Å². The van der Waals surface area contributed by atoms with Gasteiger partial charge in [-0.2, -0.15) is 4.98 Å². The maximum Gasteiger partial charge on any atom is 0.241 e. The zero-order valence-electron chi connectivity index (χ0n) is 16.8. The van der Waals surface area contributed by atoms with Gasteiger partial charge in [0.1, 0.15) is 13.2 Å². The van der Waals surface area contributed by atoms with Crippen molar-refractivity contribution >= 4 is 28.8 Å². The minimum absolute atomic E-state index is 0.0742. The molecule has 1 aromatic carbocycles. The summed E-state index contributed by atoms with van der Waals surface area (Å²) in [7, 11) is 0. The maximum absolute atomic E-state index is 12.8. The molecular weight excluding hydrogens is 440 g/mol. The van der Waals surface area contributed by atoms with E-state index in [2.05, 4.69) is 15.0 Å². The second-order valence-electron chi connectivity index (χ2n) is 7.42. The summed E-state index contributed by atoms with van der Waals surface area (Å²) in [5, 5.41) is 6.52. The van der Waals surface area contributed by atoms with Gasteiger partial charge in [-0.1, -0.05) is 22.8 Å². The van der Waals surface area contributed by atoms with Crippen LogP contribution in [-0.4, -0.2) is 65.2 Å². The summed E-state index contributed by atoms with van der Waals surface area (Å²) in [5.41, 5.74) is 0.827. The van der Waals surface area contributed by atoms with Gasteiger partial charge in [0.25, 0.3) is 0 Å². The lowest BCUT2D eigenvalue weighted by Gasteiger charge is -2.34.